The molecule has 3 aliphatic heterocycles. The van der Waals surface area contributed by atoms with E-state index in [0.717, 1.165) is 5.56 Å². The van der Waals surface area contributed by atoms with E-state index < -0.39 is 35.0 Å². The predicted octanol–water partition coefficient (Wildman–Crippen LogP) is 3.82. The van der Waals surface area contributed by atoms with Crippen molar-refractivity contribution in [2.24, 2.45) is 0 Å². The first kappa shape index (κ1) is 23.3. The molecule has 0 unspecified atom stereocenters. The quantitative estimate of drug-likeness (QED) is 0.699. The number of carbonyl (C=O) groups is 3. The molecule has 0 bridgehead atoms. The van der Waals surface area contributed by atoms with Crippen molar-refractivity contribution in [1.82, 2.24) is 9.80 Å². The Balaban J connectivity index is 1.51. The maximum Gasteiger partial charge on any atom is 0.255 e. The lowest BCUT2D eigenvalue weighted by molar-refractivity contribution is -0.138. The van der Waals surface area contributed by atoms with Crippen molar-refractivity contribution in [2.45, 2.75) is 56.4 Å². The Kier molecular flexibility index (Phi) is 5.37. The number of hydrogen-bond acceptors (Lipinski definition) is 4. The molecule has 1 fully saturated rings. The molecule has 3 amide bonds. The molecule has 1 N–H and O–H groups in total. The van der Waals surface area contributed by atoms with Crippen molar-refractivity contribution < 1.29 is 18.8 Å². The van der Waals surface area contributed by atoms with Crippen molar-refractivity contribution >= 4 is 35.0 Å². The zero-order valence-electron chi connectivity index (χ0n) is 19.3. The summed E-state index contributed by atoms with van der Waals surface area (Å²) in [6.07, 6.45) is -0.128. The number of fused-ring (bicyclic) bond motifs is 3. The van der Waals surface area contributed by atoms with Crippen LogP contribution in [-0.4, -0.2) is 51.8 Å². The zero-order chi connectivity index (χ0) is 25.1. The van der Waals surface area contributed by atoms with Gasteiger partial charge in [-0.15, -0.1) is 0 Å². The number of carbonyl (C=O) groups excluding carboxylic acids is 3. The molecule has 0 aromatic heterocycles. The fraction of sp³-hybridized carbons (Fsp3) is 0.385. The lowest BCUT2D eigenvalue weighted by Gasteiger charge is -2.34. The first-order valence-corrected chi connectivity index (χ1v) is 11.8. The first-order valence-electron chi connectivity index (χ1n) is 11.4. The summed E-state index contributed by atoms with van der Waals surface area (Å²) in [6.45, 7) is 2.75. The van der Waals surface area contributed by atoms with Crippen LogP contribution < -0.4 is 5.32 Å². The number of likely N-dealkylation sites (tertiary alicyclic amines) is 1. The van der Waals surface area contributed by atoms with Gasteiger partial charge >= 0.3 is 0 Å². The third-order valence-electron chi connectivity index (χ3n) is 7.19. The van der Waals surface area contributed by atoms with E-state index in [4.69, 9.17) is 11.6 Å². The molecule has 7 nitrogen and oxygen atoms in total. The van der Waals surface area contributed by atoms with Gasteiger partial charge in [-0.25, -0.2) is 4.39 Å². The Morgan fingerprint density at radius 3 is 2.71 bits per heavy atom. The molecule has 3 aliphatic rings. The smallest absolute Gasteiger partial charge is 0.255 e. The molecule has 1 saturated heterocycles. The van der Waals surface area contributed by atoms with Gasteiger partial charge in [0.05, 0.1) is 11.5 Å². The molecule has 35 heavy (non-hydrogen) atoms. The van der Waals surface area contributed by atoms with Crippen LogP contribution in [0.3, 0.4) is 0 Å². The van der Waals surface area contributed by atoms with Gasteiger partial charge < -0.3 is 15.1 Å². The summed E-state index contributed by atoms with van der Waals surface area (Å²) < 4.78 is 14.9. The third kappa shape index (κ3) is 3.66. The van der Waals surface area contributed by atoms with Crippen LogP contribution in [0.1, 0.15) is 48.2 Å². The summed E-state index contributed by atoms with van der Waals surface area (Å²) in [5.74, 6) is -1.22. The summed E-state index contributed by atoms with van der Waals surface area (Å²) in [4.78, 5) is 43.0. The summed E-state index contributed by atoms with van der Waals surface area (Å²) in [5, 5.41) is 13.2. The molecule has 3 atom stereocenters. The molecule has 3 heterocycles. The summed E-state index contributed by atoms with van der Waals surface area (Å²) >= 11 is 6.30. The number of alkyl halides is 1. The van der Waals surface area contributed by atoms with Gasteiger partial charge in [-0.2, -0.15) is 5.26 Å². The van der Waals surface area contributed by atoms with E-state index in [0.29, 0.717) is 21.8 Å². The molecule has 9 heteroatoms. The Bertz CT molecular complexity index is 1300. The van der Waals surface area contributed by atoms with Crippen molar-refractivity contribution in [3.05, 3.63) is 64.2 Å². The molecule has 0 saturated carbocycles. The number of nitriles is 1. The highest BCUT2D eigenvalue weighted by Gasteiger charge is 2.57. The largest absolute Gasteiger partial charge is 0.325 e. The average Bonchev–Trinajstić information content (AvgIpc) is 3.45. The second kappa shape index (κ2) is 8.06. The number of amides is 3. The van der Waals surface area contributed by atoms with Crippen molar-refractivity contribution in [1.29, 1.82) is 5.26 Å². The minimum Gasteiger partial charge on any atom is -0.325 e. The number of hydrogen-bond donors (Lipinski definition) is 1. The minimum absolute atomic E-state index is 0.0220. The first-order chi connectivity index (χ1) is 16.6. The lowest BCUT2D eigenvalue weighted by Crippen LogP contribution is -2.52. The predicted molar refractivity (Wildman–Crippen MR) is 127 cm³/mol. The summed E-state index contributed by atoms with van der Waals surface area (Å²) in [7, 11) is 0. The Labute approximate surface area is 207 Å². The molecule has 5 rings (SSSR count). The molecule has 0 radical (unpaired) electrons. The monoisotopic (exact) mass is 494 g/mol. The molecular formula is C26H24ClFN4O3. The van der Waals surface area contributed by atoms with Gasteiger partial charge in [0.15, 0.2) is 0 Å². The standard InChI is InChI=1S/C26H24ClFN4O3/c1-25(2,28)11-21(31-13-17-16(22(31)33)6-5-8-19(17)27)23(34)32-14-26(10-15(32)12-29)18-7-3-4-9-20(18)30-24(26)35/h3-9,15,21H,10-11,13-14H2,1-2H3,(H,30,35)/t15-,21-,26-/m0/s1. The molecule has 1 spiro atoms. The van der Waals surface area contributed by atoms with E-state index in [2.05, 4.69) is 11.4 Å². The number of para-hydroxylation sites is 1. The second-order valence-electron chi connectivity index (χ2n) is 10.0. The SMILES string of the molecule is CC(C)(F)C[C@@H](C(=O)N1C[C@]2(C[C@H]1C#N)C(=O)Nc1ccccc12)N1Cc2c(Cl)cccc2C1=O. The van der Waals surface area contributed by atoms with Crippen LogP contribution in [0.25, 0.3) is 0 Å². The van der Waals surface area contributed by atoms with Crippen molar-refractivity contribution in [3.8, 4) is 6.07 Å². The highest BCUT2D eigenvalue weighted by atomic mass is 35.5. The van der Waals surface area contributed by atoms with Crippen LogP contribution in [0.15, 0.2) is 42.5 Å². The topological polar surface area (TPSA) is 93.5 Å². The zero-order valence-corrected chi connectivity index (χ0v) is 20.1. The van der Waals surface area contributed by atoms with Gasteiger partial charge in [0.1, 0.15) is 17.8 Å². The number of benzene rings is 2. The summed E-state index contributed by atoms with van der Waals surface area (Å²) in [6, 6.07) is 12.3. The van der Waals surface area contributed by atoms with Gasteiger partial charge in [0, 0.05) is 47.8 Å². The third-order valence-corrected chi connectivity index (χ3v) is 7.55. The maximum atomic E-state index is 14.9. The van der Waals surface area contributed by atoms with Gasteiger partial charge in [-0.3, -0.25) is 14.4 Å². The lowest BCUT2D eigenvalue weighted by atomic mass is 9.80. The normalized spacial score (nSPS) is 23.8. The van der Waals surface area contributed by atoms with E-state index in [1.165, 1.54) is 23.6 Å². The van der Waals surface area contributed by atoms with Crippen LogP contribution in [0.2, 0.25) is 5.02 Å². The van der Waals surface area contributed by atoms with E-state index >= 15 is 0 Å². The Morgan fingerprint density at radius 2 is 2.03 bits per heavy atom. The van der Waals surface area contributed by atoms with Crippen LogP contribution in [0.5, 0.6) is 0 Å². The van der Waals surface area contributed by atoms with Gasteiger partial charge in [-0.05, 0) is 37.6 Å². The van der Waals surface area contributed by atoms with E-state index in [1.807, 2.05) is 12.1 Å². The van der Waals surface area contributed by atoms with Crippen LogP contribution in [0.4, 0.5) is 10.1 Å². The minimum atomic E-state index is -1.77. The Morgan fingerprint density at radius 1 is 1.29 bits per heavy atom. The number of anilines is 1. The van der Waals surface area contributed by atoms with E-state index in [9.17, 15) is 24.0 Å². The average molecular weight is 495 g/mol. The molecular weight excluding hydrogens is 471 g/mol. The maximum absolute atomic E-state index is 14.9. The summed E-state index contributed by atoms with van der Waals surface area (Å²) in [5.41, 5.74) is -0.470. The van der Waals surface area contributed by atoms with E-state index in [-0.39, 0.29) is 31.8 Å². The number of halogens is 2. The number of nitrogens with zero attached hydrogens (tertiary/aromatic N) is 3. The fourth-order valence-electron chi connectivity index (χ4n) is 5.54. The van der Waals surface area contributed by atoms with Crippen LogP contribution >= 0.6 is 11.6 Å². The highest BCUT2D eigenvalue weighted by molar-refractivity contribution is 6.32. The fourth-order valence-corrected chi connectivity index (χ4v) is 5.77. The molecule has 180 valence electrons. The highest BCUT2D eigenvalue weighted by Crippen LogP contribution is 2.47. The van der Waals surface area contributed by atoms with Gasteiger partial charge in [-0.1, -0.05) is 35.9 Å². The van der Waals surface area contributed by atoms with Crippen molar-refractivity contribution in [3.63, 3.8) is 0 Å². The molecule has 2 aromatic carbocycles. The number of nitrogens with one attached hydrogen (secondary N) is 1. The Hall–Kier alpha value is -3.44. The van der Waals surface area contributed by atoms with Crippen LogP contribution in [0, 0.1) is 11.3 Å². The van der Waals surface area contributed by atoms with Crippen LogP contribution in [-0.2, 0) is 21.5 Å². The molecule has 2 aromatic rings. The molecule has 0 aliphatic carbocycles. The van der Waals surface area contributed by atoms with Crippen molar-refractivity contribution in [2.75, 3.05) is 11.9 Å². The van der Waals surface area contributed by atoms with Gasteiger partial charge in [0.25, 0.3) is 5.91 Å². The van der Waals surface area contributed by atoms with E-state index in [1.54, 1.807) is 30.3 Å². The number of rotatable bonds is 4. The van der Waals surface area contributed by atoms with Gasteiger partial charge in [0.2, 0.25) is 11.8 Å². The second-order valence-corrected chi connectivity index (χ2v) is 10.4.